The third-order valence-corrected chi connectivity index (χ3v) is 8.84. The van der Waals surface area contributed by atoms with E-state index in [4.69, 9.17) is 0 Å². The van der Waals surface area contributed by atoms with Crippen molar-refractivity contribution in [3.63, 3.8) is 0 Å². The van der Waals surface area contributed by atoms with Crippen LogP contribution in [0.1, 0.15) is 126 Å². The van der Waals surface area contributed by atoms with E-state index in [1.807, 2.05) is 18.2 Å². The normalized spacial score (nSPS) is 11.5. The first-order chi connectivity index (χ1) is 16.6. The van der Waals surface area contributed by atoms with E-state index in [2.05, 4.69) is 6.92 Å². The van der Waals surface area contributed by atoms with Gasteiger partial charge in [0.1, 0.15) is 0 Å². The molecule has 190 valence electrons. The van der Waals surface area contributed by atoms with Gasteiger partial charge in [-0.2, -0.15) is 0 Å². The number of rotatable bonds is 19. The van der Waals surface area contributed by atoms with Crippen LogP contribution in [0, 0.1) is 3.57 Å². The van der Waals surface area contributed by atoms with E-state index < -0.39 is 25.8 Å². The minimum absolute atomic E-state index is 0.0419. The molecule has 0 saturated heterocycles. The molecule has 0 aliphatic carbocycles. The van der Waals surface area contributed by atoms with E-state index in [-0.39, 0.29) is 9.13 Å². The highest BCUT2D eigenvalue weighted by Gasteiger charge is 2.22. The first-order valence-corrected chi connectivity index (χ1v) is 16.2. The summed E-state index contributed by atoms with van der Waals surface area (Å²) in [7, 11) is 0. The zero-order chi connectivity index (χ0) is 24.6. The summed E-state index contributed by atoms with van der Waals surface area (Å²) in [4.78, 5) is 11.9. The second-order valence-electron chi connectivity index (χ2n) is 9.52. The zero-order valence-electron chi connectivity index (χ0n) is 21.0. The number of aromatic carboxylic acids is 1. The van der Waals surface area contributed by atoms with Crippen LogP contribution in [0.4, 0.5) is 0 Å². The summed E-state index contributed by atoms with van der Waals surface area (Å²) in [5.41, 5.74) is 0.636. The first kappa shape index (κ1) is 28.7. The molecule has 0 fully saturated rings. The van der Waals surface area contributed by atoms with Gasteiger partial charge in [-0.3, -0.25) is 0 Å². The van der Waals surface area contributed by atoms with E-state index in [0.717, 1.165) is 24.6 Å². The molecule has 2 aromatic carbocycles. The standard InChI is InChI=1S/C29H43IO4/c1-2-3-4-5-6-7-8-9-10-11-12-13-14-15-16-17-21-25-23-24-20-18-19-22-26(24)27(29(31)32)28(25)30(33)34/h18-20,22-23H,2-17,21H2,1H3,(H,31,32). The molecule has 0 spiro atoms. The van der Waals surface area contributed by atoms with Crippen molar-refractivity contribution < 1.29 is 16.0 Å². The van der Waals surface area contributed by atoms with E-state index in [0.29, 0.717) is 17.4 Å². The molecule has 0 atom stereocenters. The summed E-state index contributed by atoms with van der Waals surface area (Å²) in [6.07, 6.45) is 21.4. The van der Waals surface area contributed by atoms with Gasteiger partial charge in [-0.25, -0.2) is 10.9 Å². The Morgan fingerprint density at radius 3 is 1.68 bits per heavy atom. The van der Waals surface area contributed by atoms with Crippen molar-refractivity contribution in [2.24, 2.45) is 0 Å². The maximum Gasteiger partial charge on any atom is 0.342 e. The molecule has 1 N–H and O–H groups in total. The van der Waals surface area contributed by atoms with Crippen LogP contribution in [0.5, 0.6) is 0 Å². The van der Waals surface area contributed by atoms with Gasteiger partial charge in [-0.15, -0.1) is 0 Å². The quantitative estimate of drug-likeness (QED) is 0.132. The molecule has 2 aromatic rings. The van der Waals surface area contributed by atoms with E-state index >= 15 is 0 Å². The number of aryl methyl sites for hydroxylation is 1. The van der Waals surface area contributed by atoms with Crippen LogP contribution in [0.2, 0.25) is 0 Å². The SMILES string of the molecule is CCCCCCCCCCCCCCCCCCc1cc2ccccc2c(C(=O)O)c1I(=O)=O. The van der Waals surface area contributed by atoms with Gasteiger partial charge in [-0.1, -0.05) is 128 Å². The third-order valence-electron chi connectivity index (χ3n) is 6.73. The summed E-state index contributed by atoms with van der Waals surface area (Å²) in [5.74, 6) is -1.16. The fraction of sp³-hybridized carbons (Fsp3) is 0.621. The van der Waals surface area contributed by atoms with Crippen molar-refractivity contribution in [3.8, 4) is 0 Å². The maximum absolute atomic E-state index is 12.0. The Kier molecular flexibility index (Phi) is 14.4. The Bertz CT molecular complexity index is 941. The average molecular weight is 583 g/mol. The Balaban J connectivity index is 1.64. The molecule has 5 heteroatoms. The average Bonchev–Trinajstić information content (AvgIpc) is 2.82. The Morgan fingerprint density at radius 2 is 1.21 bits per heavy atom. The minimum atomic E-state index is -3.94. The van der Waals surface area contributed by atoms with Crippen molar-refractivity contribution in [2.45, 2.75) is 116 Å². The third kappa shape index (κ3) is 10.0. The molecule has 2 rings (SSSR count). The number of hydrogen-bond donors (Lipinski definition) is 1. The highest BCUT2D eigenvalue weighted by atomic mass is 127. The summed E-state index contributed by atoms with van der Waals surface area (Å²) >= 11 is -3.94. The predicted molar refractivity (Wildman–Crippen MR) is 148 cm³/mol. The minimum Gasteiger partial charge on any atom is -0.478 e. The highest BCUT2D eigenvalue weighted by molar-refractivity contribution is 14.2. The maximum atomic E-state index is 12.0. The topological polar surface area (TPSA) is 71.4 Å². The van der Waals surface area contributed by atoms with Gasteiger partial charge in [0.05, 0.1) is 9.13 Å². The fourth-order valence-electron chi connectivity index (χ4n) is 4.81. The van der Waals surface area contributed by atoms with Gasteiger partial charge in [-0.05, 0) is 35.2 Å². The van der Waals surface area contributed by atoms with Gasteiger partial charge >= 0.3 is 25.8 Å². The lowest BCUT2D eigenvalue weighted by molar-refractivity contribution is 0.0697. The highest BCUT2D eigenvalue weighted by Crippen LogP contribution is 2.33. The van der Waals surface area contributed by atoms with Gasteiger partial charge in [0.2, 0.25) is 0 Å². The second kappa shape index (κ2) is 17.0. The second-order valence-corrected chi connectivity index (χ2v) is 11.8. The van der Waals surface area contributed by atoms with Crippen LogP contribution in [0.25, 0.3) is 10.8 Å². The van der Waals surface area contributed by atoms with Crippen molar-refractivity contribution >= 4 is 36.5 Å². The van der Waals surface area contributed by atoms with E-state index in [1.165, 1.54) is 83.5 Å². The molecule has 0 heterocycles. The van der Waals surface area contributed by atoms with Crippen LogP contribution < -0.4 is 0 Å². The lowest BCUT2D eigenvalue weighted by Gasteiger charge is -2.11. The lowest BCUT2D eigenvalue weighted by Crippen LogP contribution is -2.05. The summed E-state index contributed by atoms with van der Waals surface area (Å²) < 4.78 is 24.1. The number of hydrogen-bond acceptors (Lipinski definition) is 3. The van der Waals surface area contributed by atoms with Gasteiger partial charge in [0.15, 0.2) is 0 Å². The molecule has 0 unspecified atom stereocenters. The summed E-state index contributed by atoms with van der Waals surface area (Å²) in [5, 5.41) is 11.0. The Labute approximate surface area is 213 Å². The summed E-state index contributed by atoms with van der Waals surface area (Å²) in [6, 6.07) is 9.04. The number of halogens is 1. The van der Waals surface area contributed by atoms with E-state index in [1.54, 1.807) is 12.1 Å². The number of unbranched alkanes of at least 4 members (excludes halogenated alkanes) is 15. The van der Waals surface area contributed by atoms with Crippen LogP contribution in [-0.2, 0) is 12.6 Å². The predicted octanol–water partition coefficient (Wildman–Crippen LogP) is 9.71. The van der Waals surface area contributed by atoms with Crippen LogP contribution in [-0.4, -0.2) is 11.1 Å². The van der Waals surface area contributed by atoms with Crippen molar-refractivity contribution in [2.75, 3.05) is 0 Å². The molecule has 4 nitrogen and oxygen atoms in total. The Morgan fingerprint density at radius 1 is 0.735 bits per heavy atom. The van der Waals surface area contributed by atoms with Gasteiger partial charge in [0.25, 0.3) is 0 Å². The first-order valence-electron chi connectivity index (χ1n) is 13.4. The molecule has 0 amide bonds. The zero-order valence-corrected chi connectivity index (χ0v) is 23.1. The van der Waals surface area contributed by atoms with Crippen molar-refractivity contribution in [1.29, 1.82) is 0 Å². The van der Waals surface area contributed by atoms with Crippen LogP contribution >= 0.6 is 19.8 Å². The number of carboxylic acid groups (broad SMARTS) is 1. The smallest absolute Gasteiger partial charge is 0.342 e. The number of fused-ring (bicyclic) bond motifs is 1. The Hall–Kier alpha value is -1.50. The van der Waals surface area contributed by atoms with Crippen LogP contribution in [0.3, 0.4) is 0 Å². The molecule has 0 aliphatic rings. The van der Waals surface area contributed by atoms with E-state index in [9.17, 15) is 16.0 Å². The number of carboxylic acids is 1. The fourth-order valence-corrected chi connectivity index (χ4v) is 6.76. The van der Waals surface area contributed by atoms with Crippen LogP contribution in [0.15, 0.2) is 30.3 Å². The van der Waals surface area contributed by atoms with Gasteiger partial charge in [0, 0.05) is 0 Å². The van der Waals surface area contributed by atoms with Gasteiger partial charge < -0.3 is 5.11 Å². The molecule has 34 heavy (non-hydrogen) atoms. The molecule has 0 bridgehead atoms. The molecule has 0 aromatic heterocycles. The molecule has 0 aliphatic heterocycles. The molecule has 0 saturated carbocycles. The molecular weight excluding hydrogens is 539 g/mol. The molecule has 0 radical (unpaired) electrons. The van der Waals surface area contributed by atoms with Crippen molar-refractivity contribution in [3.05, 3.63) is 45.0 Å². The molecular formula is C29H43IO4. The number of carbonyl (C=O) groups is 1. The lowest BCUT2D eigenvalue weighted by atomic mass is 9.97. The monoisotopic (exact) mass is 582 g/mol. The van der Waals surface area contributed by atoms with Crippen molar-refractivity contribution in [1.82, 2.24) is 0 Å². The largest absolute Gasteiger partial charge is 0.478 e. The summed E-state index contributed by atoms with van der Waals surface area (Å²) in [6.45, 7) is 2.27. The number of benzene rings is 2.